The number of allylic oxidation sites excluding steroid dienone is 1. The predicted molar refractivity (Wildman–Crippen MR) is 43.2 cm³/mol. The first-order chi connectivity index (χ1) is 5.43. The highest BCUT2D eigenvalue weighted by Gasteiger charge is 2.10. The molecule has 0 aliphatic rings. The fraction of sp³-hybridized carbons (Fsp3) is 0.500. The summed E-state index contributed by atoms with van der Waals surface area (Å²) in [6.07, 6.45) is 0.682. The molecule has 0 radical (unpaired) electrons. The average Bonchev–Trinajstić information content (AvgIpc) is 1.84. The van der Waals surface area contributed by atoms with Gasteiger partial charge in [0.05, 0.1) is 6.42 Å². The second-order valence-corrected chi connectivity index (χ2v) is 2.74. The maximum atomic E-state index is 12.7. The molecule has 0 aromatic carbocycles. The Morgan fingerprint density at radius 1 is 1.42 bits per heavy atom. The molecule has 0 saturated carbocycles. The van der Waals surface area contributed by atoms with Crippen LogP contribution in [0.3, 0.4) is 0 Å². The van der Waals surface area contributed by atoms with Gasteiger partial charge in [-0.1, -0.05) is 0 Å². The largest absolute Gasteiger partial charge is 0.381 e. The van der Waals surface area contributed by atoms with Crippen molar-refractivity contribution in [3.8, 4) is 0 Å². The van der Waals surface area contributed by atoms with Gasteiger partial charge in [-0.05, 0) is 6.92 Å². The van der Waals surface area contributed by atoms with Crippen molar-refractivity contribution in [2.45, 2.75) is 13.3 Å². The Kier molecular flexibility index (Phi) is 4.18. The van der Waals surface area contributed by atoms with Gasteiger partial charge >= 0.3 is 0 Å². The summed E-state index contributed by atoms with van der Waals surface area (Å²) in [6.45, 7) is 1.25. The lowest BCUT2D eigenvalue weighted by Gasteiger charge is -2.03. The third kappa shape index (κ3) is 4.60. The fourth-order valence-electron chi connectivity index (χ4n) is 0.609. The van der Waals surface area contributed by atoms with Crippen LogP contribution in [0.1, 0.15) is 13.3 Å². The minimum atomic E-state index is -0.879. The number of ketones is 2. The number of carbonyl (C=O) groups excluding carboxylic acids is 2. The minimum absolute atomic E-state index is 0.331. The molecule has 0 heterocycles. The zero-order valence-electron chi connectivity index (χ0n) is 7.43. The molecule has 0 aliphatic carbocycles. The molecule has 68 valence electrons. The van der Waals surface area contributed by atoms with Gasteiger partial charge in [0.2, 0.25) is 0 Å². The molecule has 0 aliphatic heterocycles. The maximum Gasteiger partial charge on any atom is 0.200 e. The predicted octanol–water partition coefficient (Wildman–Crippen LogP) is 0.907. The molecule has 0 N–H and O–H groups in total. The van der Waals surface area contributed by atoms with Crippen molar-refractivity contribution < 1.29 is 14.0 Å². The van der Waals surface area contributed by atoms with Gasteiger partial charge in [-0.3, -0.25) is 9.59 Å². The zero-order valence-corrected chi connectivity index (χ0v) is 7.43. The Bertz CT molecular complexity index is 221. The van der Waals surface area contributed by atoms with Crippen molar-refractivity contribution in [2.24, 2.45) is 0 Å². The summed E-state index contributed by atoms with van der Waals surface area (Å²) in [4.78, 5) is 22.6. The van der Waals surface area contributed by atoms with Gasteiger partial charge in [0.15, 0.2) is 11.6 Å². The van der Waals surface area contributed by atoms with Gasteiger partial charge in [0.1, 0.15) is 5.78 Å². The van der Waals surface area contributed by atoms with E-state index in [1.807, 2.05) is 0 Å². The summed E-state index contributed by atoms with van der Waals surface area (Å²) in [7, 11) is 3.20. The smallest absolute Gasteiger partial charge is 0.200 e. The van der Waals surface area contributed by atoms with Gasteiger partial charge < -0.3 is 4.90 Å². The normalized spacial score (nSPS) is 11.2. The molecule has 3 nitrogen and oxygen atoms in total. The van der Waals surface area contributed by atoms with Crippen molar-refractivity contribution in [1.29, 1.82) is 0 Å². The minimum Gasteiger partial charge on any atom is -0.381 e. The van der Waals surface area contributed by atoms with E-state index >= 15 is 0 Å². The first kappa shape index (κ1) is 10.8. The molecule has 0 spiro atoms. The number of halogens is 1. The van der Waals surface area contributed by atoms with Crippen LogP contribution in [-0.2, 0) is 9.59 Å². The van der Waals surface area contributed by atoms with Gasteiger partial charge in [-0.2, -0.15) is 0 Å². The van der Waals surface area contributed by atoms with Crippen LogP contribution in [-0.4, -0.2) is 30.6 Å². The Morgan fingerprint density at radius 3 is 2.25 bits per heavy atom. The van der Waals surface area contributed by atoms with E-state index in [9.17, 15) is 14.0 Å². The molecule has 0 fully saturated rings. The lowest BCUT2D eigenvalue weighted by Crippen LogP contribution is -2.09. The van der Waals surface area contributed by atoms with Crippen molar-refractivity contribution in [2.75, 3.05) is 14.1 Å². The Balaban J connectivity index is 4.19. The van der Waals surface area contributed by atoms with E-state index in [-0.39, 0.29) is 12.2 Å². The first-order valence-corrected chi connectivity index (χ1v) is 3.50. The van der Waals surface area contributed by atoms with Gasteiger partial charge in [0.25, 0.3) is 0 Å². The van der Waals surface area contributed by atoms with Gasteiger partial charge in [0, 0.05) is 20.3 Å². The van der Waals surface area contributed by atoms with Crippen LogP contribution < -0.4 is 0 Å². The molecule has 0 saturated heterocycles. The lowest BCUT2D eigenvalue weighted by molar-refractivity contribution is -0.124. The summed E-state index contributed by atoms with van der Waals surface area (Å²) in [5.74, 6) is -1.98. The second-order valence-electron chi connectivity index (χ2n) is 2.74. The van der Waals surface area contributed by atoms with E-state index in [2.05, 4.69) is 0 Å². The average molecular weight is 173 g/mol. The summed E-state index contributed by atoms with van der Waals surface area (Å²) >= 11 is 0. The second kappa shape index (κ2) is 4.64. The first-order valence-electron chi connectivity index (χ1n) is 3.50. The quantitative estimate of drug-likeness (QED) is 0.468. The topological polar surface area (TPSA) is 37.4 Å². The summed E-state index contributed by atoms with van der Waals surface area (Å²) < 4.78 is 12.7. The van der Waals surface area contributed by atoms with E-state index in [4.69, 9.17) is 0 Å². The zero-order chi connectivity index (χ0) is 9.72. The van der Waals surface area contributed by atoms with Gasteiger partial charge in [-0.15, -0.1) is 0 Å². The van der Waals surface area contributed by atoms with Gasteiger partial charge in [-0.25, -0.2) is 4.39 Å². The number of carbonyl (C=O) groups is 2. The van der Waals surface area contributed by atoms with Crippen LogP contribution >= 0.6 is 0 Å². The number of nitrogens with zero attached hydrogens (tertiary/aromatic N) is 1. The Hall–Kier alpha value is -1.19. The number of rotatable bonds is 4. The standard InChI is InChI=1S/C8H12FNO2/c1-6(11)4-8(12)7(9)5-10(2)3/h5H,4H2,1-3H3. The summed E-state index contributed by atoms with van der Waals surface area (Å²) in [5.41, 5.74) is 0. The van der Waals surface area contributed by atoms with Crippen LogP contribution in [0.15, 0.2) is 12.0 Å². The summed E-state index contributed by atoms with van der Waals surface area (Å²) in [6, 6.07) is 0. The van der Waals surface area contributed by atoms with Crippen LogP contribution in [0.25, 0.3) is 0 Å². The van der Waals surface area contributed by atoms with Crippen LogP contribution in [0.2, 0.25) is 0 Å². The lowest BCUT2D eigenvalue weighted by atomic mass is 10.2. The molecule has 0 unspecified atom stereocenters. The SMILES string of the molecule is CC(=O)CC(=O)C(F)=CN(C)C. The van der Waals surface area contributed by atoms with Crippen LogP contribution in [0.4, 0.5) is 4.39 Å². The molecule has 0 aromatic heterocycles. The van der Waals surface area contributed by atoms with Crippen molar-refractivity contribution >= 4 is 11.6 Å². The highest BCUT2D eigenvalue weighted by molar-refractivity contribution is 6.05. The van der Waals surface area contributed by atoms with Crippen LogP contribution in [0.5, 0.6) is 0 Å². The molecule has 0 amide bonds. The highest BCUT2D eigenvalue weighted by Crippen LogP contribution is 2.02. The number of hydrogen-bond donors (Lipinski definition) is 0. The molecule has 0 rings (SSSR count). The summed E-state index contributed by atoms with van der Waals surface area (Å²) in [5, 5.41) is 0. The van der Waals surface area contributed by atoms with E-state index in [0.29, 0.717) is 0 Å². The maximum absolute atomic E-state index is 12.7. The van der Waals surface area contributed by atoms with Crippen molar-refractivity contribution in [3.63, 3.8) is 0 Å². The number of Topliss-reactive ketones (excluding diaryl/α,β-unsaturated/α-hetero) is 2. The monoisotopic (exact) mass is 173 g/mol. The van der Waals surface area contributed by atoms with E-state index < -0.39 is 11.6 Å². The molecular formula is C8H12FNO2. The molecular weight excluding hydrogens is 161 g/mol. The highest BCUT2D eigenvalue weighted by atomic mass is 19.1. The Labute approximate surface area is 70.9 Å². The van der Waals surface area contributed by atoms with E-state index in [1.165, 1.54) is 11.8 Å². The van der Waals surface area contributed by atoms with Crippen molar-refractivity contribution in [1.82, 2.24) is 4.90 Å². The third-order valence-corrected chi connectivity index (χ3v) is 1.05. The Morgan fingerprint density at radius 2 is 1.92 bits per heavy atom. The van der Waals surface area contributed by atoms with Crippen molar-refractivity contribution in [3.05, 3.63) is 12.0 Å². The molecule has 0 atom stereocenters. The van der Waals surface area contributed by atoms with Crippen LogP contribution in [0, 0.1) is 0 Å². The van der Waals surface area contributed by atoms with E-state index in [0.717, 1.165) is 6.20 Å². The molecule has 12 heavy (non-hydrogen) atoms. The third-order valence-electron chi connectivity index (χ3n) is 1.05. The molecule has 0 aromatic rings. The van der Waals surface area contributed by atoms with E-state index in [1.54, 1.807) is 14.1 Å². The molecule has 4 heteroatoms. The number of hydrogen-bond acceptors (Lipinski definition) is 3. The molecule has 0 bridgehead atoms. The fourth-order valence-corrected chi connectivity index (χ4v) is 0.609.